The van der Waals surface area contributed by atoms with Crippen molar-refractivity contribution in [3.8, 4) is 0 Å². The third-order valence-electron chi connectivity index (χ3n) is 5.65. The number of hydrogen-bond acceptors (Lipinski definition) is 6. The van der Waals surface area contributed by atoms with Crippen LogP contribution in [-0.2, 0) is 23.7 Å². The molecule has 0 aromatic rings. The first-order chi connectivity index (χ1) is 11.4. The molecule has 0 aromatic carbocycles. The van der Waals surface area contributed by atoms with E-state index in [9.17, 15) is 4.79 Å². The average molecular weight is 340 g/mol. The molecule has 3 fully saturated rings. The number of carbonyl (C=O) groups is 1. The van der Waals surface area contributed by atoms with Gasteiger partial charge in [-0.05, 0) is 40.0 Å². The lowest BCUT2D eigenvalue weighted by atomic mass is 9.68. The maximum atomic E-state index is 11.6. The van der Waals surface area contributed by atoms with Crippen molar-refractivity contribution in [2.75, 3.05) is 20.8 Å². The maximum absolute atomic E-state index is 11.6. The van der Waals surface area contributed by atoms with E-state index >= 15 is 0 Å². The van der Waals surface area contributed by atoms with Crippen LogP contribution in [0.2, 0.25) is 0 Å². The molecule has 136 valence electrons. The van der Waals surface area contributed by atoms with Gasteiger partial charge in [-0.2, -0.15) is 0 Å². The van der Waals surface area contributed by atoms with Crippen LogP contribution in [0.5, 0.6) is 0 Å². The van der Waals surface area contributed by atoms with Crippen molar-refractivity contribution in [1.29, 1.82) is 0 Å². The van der Waals surface area contributed by atoms with Crippen LogP contribution in [0.25, 0.3) is 0 Å². The monoisotopic (exact) mass is 340 g/mol. The van der Waals surface area contributed by atoms with E-state index in [0.717, 1.165) is 19.4 Å². The third kappa shape index (κ3) is 3.07. The molecule has 2 saturated heterocycles. The lowest BCUT2D eigenvalue weighted by molar-refractivity contribution is -0.125. The summed E-state index contributed by atoms with van der Waals surface area (Å²) in [5.74, 6) is 0.0361. The Hall–Kier alpha value is -1.11. The molecule has 1 aliphatic carbocycles. The van der Waals surface area contributed by atoms with Crippen molar-refractivity contribution in [3.05, 3.63) is 11.6 Å². The van der Waals surface area contributed by atoms with Crippen LogP contribution in [0.3, 0.4) is 0 Å². The van der Waals surface area contributed by atoms with Gasteiger partial charge in [0.2, 0.25) is 0 Å². The molecule has 0 N–H and O–H groups in total. The summed E-state index contributed by atoms with van der Waals surface area (Å²) in [7, 11) is 2.97. The standard InChI is InChI=1S/C18H28O6/c1-11(2)6-7-13-17(3,24-13)15-14(20-4)12(23-16(19)21-5)8-9-18(15)10-22-18/h6,12-15H,7-10H2,1-5H3. The number of ether oxygens (including phenoxy) is 5. The Morgan fingerprint density at radius 2 is 2.04 bits per heavy atom. The molecular formula is C18H28O6. The molecule has 6 nitrogen and oxygen atoms in total. The fourth-order valence-electron chi connectivity index (χ4n) is 4.24. The summed E-state index contributed by atoms with van der Waals surface area (Å²) in [4.78, 5) is 11.6. The molecular weight excluding hydrogens is 312 g/mol. The molecule has 1 spiro atoms. The first kappa shape index (κ1) is 17.7. The first-order valence-corrected chi connectivity index (χ1v) is 8.59. The molecule has 1 saturated carbocycles. The lowest BCUT2D eigenvalue weighted by Crippen LogP contribution is -2.55. The quantitative estimate of drug-likeness (QED) is 0.435. The van der Waals surface area contributed by atoms with Gasteiger partial charge in [0, 0.05) is 7.11 Å². The smallest absolute Gasteiger partial charge is 0.438 e. The second kappa shape index (κ2) is 6.32. The fourth-order valence-corrected chi connectivity index (χ4v) is 4.24. The molecule has 6 heteroatoms. The molecule has 2 aliphatic heterocycles. The summed E-state index contributed by atoms with van der Waals surface area (Å²) in [6.07, 6.45) is 3.50. The maximum Gasteiger partial charge on any atom is 0.508 e. The van der Waals surface area contributed by atoms with Crippen molar-refractivity contribution < 1.29 is 28.5 Å². The van der Waals surface area contributed by atoms with Crippen molar-refractivity contribution in [2.45, 2.75) is 69.5 Å². The number of hydrogen-bond donors (Lipinski definition) is 0. The Balaban J connectivity index is 1.78. The highest BCUT2D eigenvalue weighted by Crippen LogP contribution is 2.59. The Bertz CT molecular complexity index is 522. The second-order valence-corrected chi connectivity index (χ2v) is 7.49. The fraction of sp³-hybridized carbons (Fsp3) is 0.833. The van der Waals surface area contributed by atoms with Crippen molar-refractivity contribution >= 4 is 6.16 Å². The summed E-state index contributed by atoms with van der Waals surface area (Å²) in [5, 5.41) is 0. The minimum absolute atomic E-state index is 0.0361. The van der Waals surface area contributed by atoms with E-state index in [1.54, 1.807) is 7.11 Å². The largest absolute Gasteiger partial charge is 0.508 e. The van der Waals surface area contributed by atoms with E-state index in [4.69, 9.17) is 18.9 Å². The van der Waals surface area contributed by atoms with Gasteiger partial charge in [0.25, 0.3) is 0 Å². The van der Waals surface area contributed by atoms with Gasteiger partial charge < -0.3 is 23.7 Å². The Morgan fingerprint density at radius 3 is 2.58 bits per heavy atom. The molecule has 3 rings (SSSR count). The zero-order chi connectivity index (χ0) is 17.5. The van der Waals surface area contributed by atoms with Crippen LogP contribution in [0.1, 0.15) is 40.0 Å². The number of carbonyl (C=O) groups excluding carboxylic acids is 1. The van der Waals surface area contributed by atoms with Gasteiger partial charge in [0.05, 0.1) is 25.7 Å². The summed E-state index contributed by atoms with van der Waals surface area (Å²) in [5.41, 5.74) is 0.760. The molecule has 24 heavy (non-hydrogen) atoms. The topological polar surface area (TPSA) is 69.8 Å². The van der Waals surface area contributed by atoms with E-state index in [1.165, 1.54) is 12.7 Å². The summed E-state index contributed by atoms with van der Waals surface area (Å²) in [6, 6.07) is 0. The van der Waals surface area contributed by atoms with Crippen molar-refractivity contribution in [2.24, 2.45) is 5.92 Å². The van der Waals surface area contributed by atoms with Gasteiger partial charge in [-0.25, -0.2) is 4.79 Å². The highest BCUT2D eigenvalue weighted by atomic mass is 16.7. The van der Waals surface area contributed by atoms with Crippen molar-refractivity contribution in [3.63, 3.8) is 0 Å². The van der Waals surface area contributed by atoms with E-state index < -0.39 is 6.16 Å². The normalized spacial score (nSPS) is 43.2. The molecule has 0 bridgehead atoms. The third-order valence-corrected chi connectivity index (χ3v) is 5.65. The molecule has 0 aromatic heterocycles. The molecule has 6 unspecified atom stereocenters. The lowest BCUT2D eigenvalue weighted by Gasteiger charge is -2.42. The number of rotatable bonds is 5. The average Bonchev–Trinajstić information content (AvgIpc) is 3.45. The van der Waals surface area contributed by atoms with Gasteiger partial charge >= 0.3 is 6.16 Å². The zero-order valence-electron chi connectivity index (χ0n) is 15.2. The van der Waals surface area contributed by atoms with Crippen LogP contribution in [0.4, 0.5) is 4.79 Å². The predicted molar refractivity (Wildman–Crippen MR) is 86.8 cm³/mol. The number of methoxy groups -OCH3 is 2. The minimum atomic E-state index is -0.670. The van der Waals surface area contributed by atoms with Crippen LogP contribution in [-0.4, -0.2) is 56.5 Å². The molecule has 0 amide bonds. The van der Waals surface area contributed by atoms with Crippen LogP contribution >= 0.6 is 0 Å². The molecule has 2 heterocycles. The Morgan fingerprint density at radius 1 is 1.33 bits per heavy atom. The number of allylic oxidation sites excluding steroid dienone is 1. The molecule has 3 aliphatic rings. The first-order valence-electron chi connectivity index (χ1n) is 8.59. The second-order valence-electron chi connectivity index (χ2n) is 7.49. The molecule has 0 radical (unpaired) electrons. The number of epoxide rings is 2. The van der Waals surface area contributed by atoms with Gasteiger partial charge in [-0.1, -0.05) is 11.6 Å². The van der Waals surface area contributed by atoms with E-state index in [2.05, 4.69) is 31.6 Å². The Labute approximate surface area is 143 Å². The Kier molecular flexibility index (Phi) is 4.66. The van der Waals surface area contributed by atoms with Crippen LogP contribution in [0.15, 0.2) is 11.6 Å². The van der Waals surface area contributed by atoms with Crippen molar-refractivity contribution in [1.82, 2.24) is 0 Å². The van der Waals surface area contributed by atoms with E-state index in [1.807, 2.05) is 0 Å². The van der Waals surface area contributed by atoms with E-state index in [0.29, 0.717) is 6.42 Å². The van der Waals surface area contributed by atoms with Gasteiger partial charge in [0.15, 0.2) is 0 Å². The van der Waals surface area contributed by atoms with Crippen LogP contribution in [0, 0.1) is 5.92 Å². The highest BCUT2D eigenvalue weighted by molar-refractivity contribution is 5.60. The van der Waals surface area contributed by atoms with Crippen LogP contribution < -0.4 is 0 Å². The highest BCUT2D eigenvalue weighted by Gasteiger charge is 2.72. The van der Waals surface area contributed by atoms with Gasteiger partial charge in [-0.3, -0.25) is 0 Å². The summed E-state index contributed by atoms with van der Waals surface area (Å²) >= 11 is 0. The minimum Gasteiger partial charge on any atom is -0.438 e. The summed E-state index contributed by atoms with van der Waals surface area (Å²) in [6.45, 7) is 7.02. The predicted octanol–water partition coefficient (Wildman–Crippen LogP) is 2.85. The van der Waals surface area contributed by atoms with Gasteiger partial charge in [-0.15, -0.1) is 0 Å². The van der Waals surface area contributed by atoms with Gasteiger partial charge in [0.1, 0.15) is 23.4 Å². The SMILES string of the molecule is COC(=O)OC1CCC2(CO2)C(C2(C)OC2CC=C(C)C)C1OC. The summed E-state index contributed by atoms with van der Waals surface area (Å²) < 4.78 is 27.8. The zero-order valence-corrected chi connectivity index (χ0v) is 15.2. The van der Waals surface area contributed by atoms with E-state index in [-0.39, 0.29) is 35.4 Å². The molecule has 6 atom stereocenters.